The molecule has 2 aromatic rings. The maximum absolute atomic E-state index is 12.3. The number of ketones is 1. The van der Waals surface area contributed by atoms with Crippen molar-refractivity contribution in [3.63, 3.8) is 0 Å². The summed E-state index contributed by atoms with van der Waals surface area (Å²) in [5.74, 6) is 1.07. The van der Waals surface area contributed by atoms with Crippen molar-refractivity contribution < 1.29 is 23.9 Å². The van der Waals surface area contributed by atoms with E-state index in [1.807, 2.05) is 31.2 Å². The van der Waals surface area contributed by atoms with Crippen LogP contribution in [0.2, 0.25) is 0 Å². The standard InChI is InChI=1S/C26H32N2O5/c1-2-17-32-22-11-5-20(6-12-22)24(29)13-14-25(30)27-16-15-19-3-9-23(10-4-19)33-18-26(31)28-21-7-8-21/h3-6,9-12,21H,2,7-8,13-18H2,1H3,(H,27,30)(H,28,31). The molecule has 1 fully saturated rings. The first-order valence-corrected chi connectivity index (χ1v) is 11.6. The van der Waals surface area contributed by atoms with Crippen LogP contribution < -0.4 is 20.1 Å². The largest absolute Gasteiger partial charge is 0.494 e. The minimum absolute atomic E-state index is 0.0153. The zero-order chi connectivity index (χ0) is 23.5. The van der Waals surface area contributed by atoms with Crippen molar-refractivity contribution >= 4 is 17.6 Å². The van der Waals surface area contributed by atoms with Crippen molar-refractivity contribution in [2.75, 3.05) is 19.8 Å². The zero-order valence-electron chi connectivity index (χ0n) is 19.1. The summed E-state index contributed by atoms with van der Waals surface area (Å²) in [6, 6.07) is 14.8. The molecule has 0 aliphatic heterocycles. The molecule has 2 aromatic carbocycles. The molecule has 1 aliphatic rings. The number of hydrogen-bond acceptors (Lipinski definition) is 5. The molecule has 2 amide bonds. The van der Waals surface area contributed by atoms with Crippen molar-refractivity contribution in [2.45, 2.75) is 51.5 Å². The van der Waals surface area contributed by atoms with Crippen LogP contribution >= 0.6 is 0 Å². The summed E-state index contributed by atoms with van der Waals surface area (Å²) in [7, 11) is 0. The number of rotatable bonds is 14. The zero-order valence-corrected chi connectivity index (χ0v) is 19.1. The Hall–Kier alpha value is -3.35. The fourth-order valence-corrected chi connectivity index (χ4v) is 3.16. The number of ether oxygens (including phenoxy) is 2. The van der Waals surface area contributed by atoms with Crippen LogP contribution in [0.5, 0.6) is 11.5 Å². The highest BCUT2D eigenvalue weighted by molar-refractivity contribution is 5.98. The topological polar surface area (TPSA) is 93.7 Å². The van der Waals surface area contributed by atoms with Crippen LogP contribution in [-0.2, 0) is 16.0 Å². The van der Waals surface area contributed by atoms with Crippen molar-refractivity contribution in [3.05, 3.63) is 59.7 Å². The highest BCUT2D eigenvalue weighted by atomic mass is 16.5. The van der Waals surface area contributed by atoms with E-state index in [1.54, 1.807) is 24.3 Å². The third-order valence-electron chi connectivity index (χ3n) is 5.20. The number of Topliss-reactive ketones (excluding diaryl/α,β-unsaturated/α-hetero) is 1. The van der Waals surface area contributed by atoms with Crippen LogP contribution in [0.4, 0.5) is 0 Å². The van der Waals surface area contributed by atoms with E-state index in [0.29, 0.717) is 36.9 Å². The van der Waals surface area contributed by atoms with Gasteiger partial charge in [-0.25, -0.2) is 0 Å². The molecular formula is C26H32N2O5. The predicted octanol–water partition coefficient (Wildman–Crippen LogP) is 3.45. The molecule has 3 rings (SSSR count). The Morgan fingerprint density at radius 3 is 2.21 bits per heavy atom. The van der Waals surface area contributed by atoms with E-state index in [4.69, 9.17) is 9.47 Å². The Morgan fingerprint density at radius 1 is 0.879 bits per heavy atom. The number of nitrogens with one attached hydrogen (secondary N) is 2. The van der Waals surface area contributed by atoms with Crippen molar-refractivity contribution in [2.24, 2.45) is 0 Å². The molecular weight excluding hydrogens is 420 g/mol. The lowest BCUT2D eigenvalue weighted by molar-refractivity contribution is -0.123. The molecule has 33 heavy (non-hydrogen) atoms. The number of amides is 2. The molecule has 0 aromatic heterocycles. The normalized spacial score (nSPS) is 12.6. The number of benzene rings is 2. The van der Waals surface area contributed by atoms with E-state index < -0.39 is 0 Å². The predicted molar refractivity (Wildman–Crippen MR) is 126 cm³/mol. The van der Waals surface area contributed by atoms with E-state index in [1.165, 1.54) is 0 Å². The fourth-order valence-electron chi connectivity index (χ4n) is 3.16. The van der Waals surface area contributed by atoms with Crippen LogP contribution in [0.1, 0.15) is 54.9 Å². The van der Waals surface area contributed by atoms with E-state index in [-0.39, 0.29) is 37.0 Å². The lowest BCUT2D eigenvalue weighted by atomic mass is 10.1. The first-order valence-electron chi connectivity index (χ1n) is 11.6. The van der Waals surface area contributed by atoms with E-state index in [0.717, 1.165) is 30.6 Å². The van der Waals surface area contributed by atoms with Crippen LogP contribution in [0.3, 0.4) is 0 Å². The number of carbonyl (C=O) groups is 3. The molecule has 7 heteroatoms. The average molecular weight is 453 g/mol. The first-order chi connectivity index (χ1) is 16.0. The van der Waals surface area contributed by atoms with Crippen LogP contribution in [-0.4, -0.2) is 43.4 Å². The summed E-state index contributed by atoms with van der Waals surface area (Å²) >= 11 is 0. The highest BCUT2D eigenvalue weighted by Gasteiger charge is 2.23. The molecule has 0 heterocycles. The van der Waals surface area contributed by atoms with Crippen LogP contribution in [0.15, 0.2) is 48.5 Å². The second-order valence-electron chi connectivity index (χ2n) is 8.17. The Labute approximate surface area is 194 Å². The average Bonchev–Trinajstić information content (AvgIpc) is 3.65. The van der Waals surface area contributed by atoms with Gasteiger partial charge in [0.25, 0.3) is 5.91 Å². The molecule has 0 radical (unpaired) electrons. The van der Waals surface area contributed by atoms with Gasteiger partial charge >= 0.3 is 0 Å². The van der Waals surface area contributed by atoms with Gasteiger partial charge in [0.05, 0.1) is 6.61 Å². The van der Waals surface area contributed by atoms with E-state index in [9.17, 15) is 14.4 Å². The maximum atomic E-state index is 12.3. The van der Waals surface area contributed by atoms with Gasteiger partial charge in [0.15, 0.2) is 12.4 Å². The molecule has 0 bridgehead atoms. The third-order valence-corrected chi connectivity index (χ3v) is 5.20. The second-order valence-corrected chi connectivity index (χ2v) is 8.17. The van der Waals surface area contributed by atoms with Gasteiger partial charge in [-0.2, -0.15) is 0 Å². The third kappa shape index (κ3) is 8.96. The van der Waals surface area contributed by atoms with Crippen LogP contribution in [0, 0.1) is 0 Å². The fraction of sp³-hybridized carbons (Fsp3) is 0.423. The molecule has 0 unspecified atom stereocenters. The van der Waals surface area contributed by atoms with Gasteiger partial charge in [0.2, 0.25) is 5.91 Å². The van der Waals surface area contributed by atoms with Gasteiger partial charge < -0.3 is 20.1 Å². The molecule has 1 saturated carbocycles. The first kappa shape index (κ1) is 24.3. The molecule has 0 spiro atoms. The Bertz CT molecular complexity index is 921. The van der Waals surface area contributed by atoms with Crippen molar-refractivity contribution in [3.8, 4) is 11.5 Å². The summed E-state index contributed by atoms with van der Waals surface area (Å²) in [6.45, 7) is 3.18. The van der Waals surface area contributed by atoms with Gasteiger partial charge in [0, 0.05) is 31.0 Å². The SMILES string of the molecule is CCCOc1ccc(C(=O)CCC(=O)NCCc2ccc(OCC(=O)NC3CC3)cc2)cc1. The molecule has 7 nitrogen and oxygen atoms in total. The lowest BCUT2D eigenvalue weighted by Crippen LogP contribution is -2.30. The Kier molecular flexibility index (Phi) is 9.30. The van der Waals surface area contributed by atoms with Gasteiger partial charge in [-0.15, -0.1) is 0 Å². The smallest absolute Gasteiger partial charge is 0.258 e. The quantitative estimate of drug-likeness (QED) is 0.428. The van der Waals surface area contributed by atoms with Crippen molar-refractivity contribution in [1.82, 2.24) is 10.6 Å². The second kappa shape index (κ2) is 12.6. The summed E-state index contributed by atoms with van der Waals surface area (Å²) in [5, 5.41) is 5.73. The van der Waals surface area contributed by atoms with Gasteiger partial charge in [-0.3, -0.25) is 14.4 Å². The summed E-state index contributed by atoms with van der Waals surface area (Å²) in [4.78, 5) is 36.0. The van der Waals surface area contributed by atoms with E-state index in [2.05, 4.69) is 10.6 Å². The van der Waals surface area contributed by atoms with E-state index >= 15 is 0 Å². The molecule has 176 valence electrons. The summed E-state index contributed by atoms with van der Waals surface area (Å²) in [5.41, 5.74) is 1.63. The van der Waals surface area contributed by atoms with Crippen molar-refractivity contribution in [1.29, 1.82) is 0 Å². The monoisotopic (exact) mass is 452 g/mol. The minimum Gasteiger partial charge on any atom is -0.494 e. The molecule has 0 atom stereocenters. The highest BCUT2D eigenvalue weighted by Crippen LogP contribution is 2.18. The Morgan fingerprint density at radius 2 is 1.55 bits per heavy atom. The number of hydrogen-bond donors (Lipinski definition) is 2. The van der Waals surface area contributed by atoms with Gasteiger partial charge in [0.1, 0.15) is 11.5 Å². The van der Waals surface area contributed by atoms with Gasteiger partial charge in [-0.05, 0) is 67.6 Å². The minimum atomic E-state index is -0.145. The summed E-state index contributed by atoms with van der Waals surface area (Å²) in [6.07, 6.45) is 4.02. The van der Waals surface area contributed by atoms with Gasteiger partial charge in [-0.1, -0.05) is 19.1 Å². The maximum Gasteiger partial charge on any atom is 0.258 e. The Balaban J connectivity index is 1.30. The number of carbonyl (C=O) groups excluding carboxylic acids is 3. The summed E-state index contributed by atoms with van der Waals surface area (Å²) < 4.78 is 11.0. The lowest BCUT2D eigenvalue weighted by Gasteiger charge is -2.08. The molecule has 2 N–H and O–H groups in total. The molecule has 0 saturated heterocycles. The molecule has 1 aliphatic carbocycles. The van der Waals surface area contributed by atoms with Crippen LogP contribution in [0.25, 0.3) is 0 Å².